The summed E-state index contributed by atoms with van der Waals surface area (Å²) in [4.78, 5) is 12.3. The third-order valence-electron chi connectivity index (χ3n) is 3.94. The molecule has 25 heavy (non-hydrogen) atoms. The number of para-hydroxylation sites is 1. The molecule has 3 rings (SSSR count). The van der Waals surface area contributed by atoms with E-state index >= 15 is 0 Å². The molecule has 2 aromatic heterocycles. The molecule has 1 N–H and O–H groups in total. The Labute approximate surface area is 150 Å². The summed E-state index contributed by atoms with van der Waals surface area (Å²) in [6.07, 6.45) is 0. The number of hydrogen-bond donors (Lipinski definition) is 1. The van der Waals surface area contributed by atoms with Crippen molar-refractivity contribution in [2.45, 2.75) is 20.4 Å². The number of aromatic nitrogens is 2. The fourth-order valence-electron chi connectivity index (χ4n) is 2.46. The molecule has 0 saturated carbocycles. The van der Waals surface area contributed by atoms with Gasteiger partial charge in [0.15, 0.2) is 5.76 Å². The molecule has 7 heteroatoms. The minimum absolute atomic E-state index is 0.168. The summed E-state index contributed by atoms with van der Waals surface area (Å²) < 4.78 is 12.8. The molecule has 1 aromatic carbocycles. The summed E-state index contributed by atoms with van der Waals surface area (Å²) in [6.45, 7) is 4.26. The first kappa shape index (κ1) is 17.1. The molecular weight excluding hydrogens is 342 g/mol. The lowest BCUT2D eigenvalue weighted by atomic mass is 10.2. The lowest BCUT2D eigenvalue weighted by molar-refractivity contribution is 0.0918. The standard InChI is InChI=1S/C18H18ClN3O3/c1-11-13(12(2)22(3)21-11)10-20-18(23)16-8-9-17(25-16)24-15-7-5-4-6-14(15)19/h4-9H,10H2,1-3H3,(H,20,23). The highest BCUT2D eigenvalue weighted by Crippen LogP contribution is 2.29. The number of rotatable bonds is 5. The molecule has 0 saturated heterocycles. The molecule has 0 bridgehead atoms. The third kappa shape index (κ3) is 3.69. The number of carbonyl (C=O) groups excluding carboxylic acids is 1. The van der Waals surface area contributed by atoms with Crippen molar-refractivity contribution < 1.29 is 13.9 Å². The maximum atomic E-state index is 12.3. The largest absolute Gasteiger partial charge is 0.424 e. The van der Waals surface area contributed by atoms with Gasteiger partial charge in [0.05, 0.1) is 10.7 Å². The molecule has 0 unspecified atom stereocenters. The van der Waals surface area contributed by atoms with Crippen LogP contribution in [-0.2, 0) is 13.6 Å². The fraction of sp³-hybridized carbons (Fsp3) is 0.222. The first-order valence-corrected chi connectivity index (χ1v) is 8.13. The van der Waals surface area contributed by atoms with Gasteiger partial charge in [0.2, 0.25) is 0 Å². The van der Waals surface area contributed by atoms with Crippen LogP contribution < -0.4 is 10.1 Å². The number of carbonyl (C=O) groups is 1. The summed E-state index contributed by atoms with van der Waals surface area (Å²) in [5, 5.41) is 7.63. The second-order valence-corrected chi connectivity index (χ2v) is 6.01. The Morgan fingerprint density at radius 2 is 2.04 bits per heavy atom. The summed E-state index contributed by atoms with van der Waals surface area (Å²) in [5.41, 5.74) is 2.90. The Balaban J connectivity index is 1.66. The van der Waals surface area contributed by atoms with Gasteiger partial charge < -0.3 is 14.5 Å². The van der Waals surface area contributed by atoms with Crippen molar-refractivity contribution in [3.8, 4) is 11.7 Å². The van der Waals surface area contributed by atoms with Crippen LogP contribution in [0.4, 0.5) is 0 Å². The Morgan fingerprint density at radius 3 is 2.72 bits per heavy atom. The zero-order valence-corrected chi connectivity index (χ0v) is 14.9. The van der Waals surface area contributed by atoms with Crippen LogP contribution in [0.1, 0.15) is 27.5 Å². The van der Waals surface area contributed by atoms with Crippen LogP contribution in [0.5, 0.6) is 11.7 Å². The van der Waals surface area contributed by atoms with Gasteiger partial charge in [-0.2, -0.15) is 5.10 Å². The molecule has 0 atom stereocenters. The van der Waals surface area contributed by atoms with Crippen LogP contribution >= 0.6 is 11.6 Å². The minimum atomic E-state index is -0.323. The van der Waals surface area contributed by atoms with E-state index in [-0.39, 0.29) is 17.6 Å². The number of hydrogen-bond acceptors (Lipinski definition) is 4. The number of ether oxygens (including phenoxy) is 1. The van der Waals surface area contributed by atoms with Crippen molar-refractivity contribution >= 4 is 17.5 Å². The number of aryl methyl sites for hydroxylation is 2. The predicted molar refractivity (Wildman–Crippen MR) is 94.1 cm³/mol. The normalized spacial score (nSPS) is 10.7. The summed E-state index contributed by atoms with van der Waals surface area (Å²) in [5.74, 6) is 0.511. The average Bonchev–Trinajstić information content (AvgIpc) is 3.14. The molecule has 1 amide bonds. The van der Waals surface area contributed by atoms with Crippen molar-refractivity contribution in [2.75, 3.05) is 0 Å². The quantitative estimate of drug-likeness (QED) is 0.747. The van der Waals surface area contributed by atoms with Gasteiger partial charge in [-0.15, -0.1) is 0 Å². The van der Waals surface area contributed by atoms with Crippen LogP contribution in [0.25, 0.3) is 0 Å². The summed E-state index contributed by atoms with van der Waals surface area (Å²) in [7, 11) is 1.87. The Morgan fingerprint density at radius 1 is 1.28 bits per heavy atom. The van der Waals surface area contributed by atoms with E-state index in [1.54, 1.807) is 41.1 Å². The number of nitrogens with one attached hydrogen (secondary N) is 1. The molecule has 0 spiro atoms. The molecule has 0 fully saturated rings. The molecular formula is C18H18ClN3O3. The van der Waals surface area contributed by atoms with Gasteiger partial charge in [-0.1, -0.05) is 23.7 Å². The van der Waals surface area contributed by atoms with Crippen LogP contribution in [0.3, 0.4) is 0 Å². The molecule has 3 aromatic rings. The molecule has 130 valence electrons. The zero-order valence-electron chi connectivity index (χ0n) is 14.2. The van der Waals surface area contributed by atoms with Gasteiger partial charge in [-0.3, -0.25) is 9.48 Å². The van der Waals surface area contributed by atoms with Gasteiger partial charge in [-0.25, -0.2) is 0 Å². The second-order valence-electron chi connectivity index (χ2n) is 5.61. The van der Waals surface area contributed by atoms with Gasteiger partial charge in [0.1, 0.15) is 5.75 Å². The van der Waals surface area contributed by atoms with E-state index in [1.165, 1.54) is 0 Å². The lowest BCUT2D eigenvalue weighted by Crippen LogP contribution is -2.22. The maximum absolute atomic E-state index is 12.3. The number of halogens is 1. The zero-order chi connectivity index (χ0) is 18.0. The maximum Gasteiger partial charge on any atom is 0.290 e. The average molecular weight is 360 g/mol. The number of amides is 1. The van der Waals surface area contributed by atoms with Gasteiger partial charge in [0.25, 0.3) is 11.9 Å². The summed E-state index contributed by atoms with van der Waals surface area (Å²) >= 11 is 6.04. The van der Waals surface area contributed by atoms with Gasteiger partial charge in [-0.05, 0) is 32.0 Å². The third-order valence-corrected chi connectivity index (χ3v) is 4.25. The van der Waals surface area contributed by atoms with E-state index in [4.69, 9.17) is 20.8 Å². The number of furan rings is 1. The monoisotopic (exact) mass is 359 g/mol. The minimum Gasteiger partial charge on any atom is -0.424 e. The van der Waals surface area contributed by atoms with Gasteiger partial charge in [0, 0.05) is 30.9 Å². The predicted octanol–water partition coefficient (Wildman–Crippen LogP) is 4.01. The molecule has 0 aliphatic heterocycles. The first-order valence-electron chi connectivity index (χ1n) is 7.75. The molecule has 0 aliphatic rings. The van der Waals surface area contributed by atoms with E-state index in [2.05, 4.69) is 10.4 Å². The van der Waals surface area contributed by atoms with E-state index in [0.29, 0.717) is 17.3 Å². The van der Waals surface area contributed by atoms with Crippen molar-refractivity contribution in [2.24, 2.45) is 7.05 Å². The first-order chi connectivity index (χ1) is 12.0. The van der Waals surface area contributed by atoms with Crippen molar-refractivity contribution in [3.63, 3.8) is 0 Å². The second kappa shape index (κ2) is 7.03. The highest BCUT2D eigenvalue weighted by Gasteiger charge is 2.15. The summed E-state index contributed by atoms with van der Waals surface area (Å²) in [6, 6.07) is 10.2. The topological polar surface area (TPSA) is 69.3 Å². The van der Waals surface area contributed by atoms with E-state index in [9.17, 15) is 4.79 Å². The Bertz CT molecular complexity index is 914. The molecule has 6 nitrogen and oxygen atoms in total. The fourth-order valence-corrected chi connectivity index (χ4v) is 2.64. The number of nitrogens with zero attached hydrogens (tertiary/aromatic N) is 2. The molecule has 0 aliphatic carbocycles. The van der Waals surface area contributed by atoms with Crippen LogP contribution in [-0.4, -0.2) is 15.7 Å². The van der Waals surface area contributed by atoms with Gasteiger partial charge >= 0.3 is 0 Å². The highest BCUT2D eigenvalue weighted by atomic mass is 35.5. The van der Waals surface area contributed by atoms with Crippen molar-refractivity contribution in [3.05, 3.63) is 64.1 Å². The smallest absolute Gasteiger partial charge is 0.290 e. The van der Waals surface area contributed by atoms with Crippen LogP contribution in [0.15, 0.2) is 40.8 Å². The van der Waals surface area contributed by atoms with Crippen LogP contribution in [0, 0.1) is 13.8 Å². The SMILES string of the molecule is Cc1nn(C)c(C)c1CNC(=O)c1ccc(Oc2ccccc2Cl)o1. The lowest BCUT2D eigenvalue weighted by Gasteiger charge is -2.05. The molecule has 2 heterocycles. The van der Waals surface area contributed by atoms with E-state index < -0.39 is 0 Å². The highest BCUT2D eigenvalue weighted by molar-refractivity contribution is 6.32. The number of benzene rings is 1. The van der Waals surface area contributed by atoms with Crippen LogP contribution in [0.2, 0.25) is 5.02 Å². The van der Waals surface area contributed by atoms with E-state index in [1.807, 2.05) is 20.9 Å². The van der Waals surface area contributed by atoms with Crippen molar-refractivity contribution in [1.82, 2.24) is 15.1 Å². The van der Waals surface area contributed by atoms with Crippen molar-refractivity contribution in [1.29, 1.82) is 0 Å². The Kier molecular flexibility index (Phi) is 4.81. The molecule has 0 radical (unpaired) electrons. The Hall–Kier alpha value is -2.73. The van der Waals surface area contributed by atoms with E-state index in [0.717, 1.165) is 17.0 Å².